The molecular formula is C25H30N8. The van der Waals surface area contributed by atoms with Crippen molar-refractivity contribution in [3.63, 3.8) is 0 Å². The van der Waals surface area contributed by atoms with Gasteiger partial charge in [-0.2, -0.15) is 5.10 Å². The molecule has 8 nitrogen and oxygen atoms in total. The van der Waals surface area contributed by atoms with E-state index in [1.54, 1.807) is 12.4 Å². The number of hydrogen-bond acceptors (Lipinski definition) is 6. The molecule has 0 N–H and O–H groups in total. The van der Waals surface area contributed by atoms with Crippen molar-refractivity contribution in [1.29, 1.82) is 0 Å². The molecule has 0 unspecified atom stereocenters. The molecule has 3 aromatic heterocycles. The van der Waals surface area contributed by atoms with E-state index in [4.69, 9.17) is 9.97 Å². The second-order valence-corrected chi connectivity index (χ2v) is 8.67. The first-order valence-electron chi connectivity index (χ1n) is 11.4. The van der Waals surface area contributed by atoms with Gasteiger partial charge in [-0.3, -0.25) is 14.6 Å². The molecule has 0 bridgehead atoms. The number of rotatable bonds is 6. The summed E-state index contributed by atoms with van der Waals surface area (Å²) in [5, 5.41) is 4.38. The summed E-state index contributed by atoms with van der Waals surface area (Å²) >= 11 is 0. The zero-order chi connectivity index (χ0) is 22.8. The first-order valence-corrected chi connectivity index (χ1v) is 11.4. The van der Waals surface area contributed by atoms with Gasteiger partial charge in [-0.1, -0.05) is 24.3 Å². The van der Waals surface area contributed by atoms with E-state index in [1.165, 1.54) is 16.8 Å². The predicted octanol–water partition coefficient (Wildman–Crippen LogP) is 3.06. The van der Waals surface area contributed by atoms with Gasteiger partial charge < -0.3 is 9.47 Å². The van der Waals surface area contributed by atoms with E-state index in [9.17, 15) is 0 Å². The van der Waals surface area contributed by atoms with Gasteiger partial charge in [-0.05, 0) is 19.4 Å². The SMILES string of the molecule is Cc1nccn1Cc1ccc(-c2nccnc2N2CCN(Cc3cnn(C)c3C)CC2)cc1. The van der Waals surface area contributed by atoms with Crippen LogP contribution in [0.5, 0.6) is 0 Å². The molecule has 1 fully saturated rings. The maximum Gasteiger partial charge on any atom is 0.155 e. The predicted molar refractivity (Wildman–Crippen MR) is 129 cm³/mol. The third kappa shape index (κ3) is 4.52. The number of aryl methyl sites for hydroxylation is 2. The van der Waals surface area contributed by atoms with E-state index in [0.717, 1.165) is 62.2 Å². The molecule has 4 heterocycles. The van der Waals surface area contributed by atoms with Crippen LogP contribution in [0.25, 0.3) is 11.3 Å². The van der Waals surface area contributed by atoms with Crippen LogP contribution in [0.3, 0.4) is 0 Å². The Bertz CT molecular complexity index is 1220. The number of aromatic nitrogens is 6. The molecule has 33 heavy (non-hydrogen) atoms. The Morgan fingerprint density at radius 1 is 0.848 bits per heavy atom. The molecule has 1 aliphatic rings. The zero-order valence-corrected chi connectivity index (χ0v) is 19.5. The highest BCUT2D eigenvalue weighted by Crippen LogP contribution is 2.28. The van der Waals surface area contributed by atoms with E-state index in [2.05, 4.69) is 55.6 Å². The molecule has 0 saturated carbocycles. The summed E-state index contributed by atoms with van der Waals surface area (Å²) in [4.78, 5) is 18.6. The van der Waals surface area contributed by atoms with Gasteiger partial charge in [0.15, 0.2) is 5.82 Å². The molecule has 0 radical (unpaired) electrons. The molecular weight excluding hydrogens is 412 g/mol. The first kappa shape index (κ1) is 21.3. The molecule has 4 aromatic rings. The zero-order valence-electron chi connectivity index (χ0n) is 19.5. The minimum Gasteiger partial charge on any atom is -0.352 e. The van der Waals surface area contributed by atoms with E-state index >= 15 is 0 Å². The maximum absolute atomic E-state index is 4.72. The molecule has 0 amide bonds. The number of imidazole rings is 1. The van der Waals surface area contributed by atoms with Crippen LogP contribution >= 0.6 is 0 Å². The van der Waals surface area contributed by atoms with Crippen molar-refractivity contribution in [3.8, 4) is 11.3 Å². The highest BCUT2D eigenvalue weighted by atomic mass is 15.3. The normalized spacial score (nSPS) is 14.7. The quantitative estimate of drug-likeness (QED) is 0.457. The van der Waals surface area contributed by atoms with Gasteiger partial charge in [0.25, 0.3) is 0 Å². The van der Waals surface area contributed by atoms with Crippen LogP contribution in [0.2, 0.25) is 0 Å². The van der Waals surface area contributed by atoms with E-state index in [1.807, 2.05) is 37.2 Å². The van der Waals surface area contributed by atoms with E-state index < -0.39 is 0 Å². The van der Waals surface area contributed by atoms with Gasteiger partial charge in [0.1, 0.15) is 11.5 Å². The molecule has 1 aromatic carbocycles. The second-order valence-electron chi connectivity index (χ2n) is 8.67. The molecule has 5 rings (SSSR count). The lowest BCUT2D eigenvalue weighted by molar-refractivity contribution is 0.249. The number of nitrogens with zero attached hydrogens (tertiary/aromatic N) is 8. The molecule has 1 aliphatic heterocycles. The largest absolute Gasteiger partial charge is 0.352 e. The van der Waals surface area contributed by atoms with Gasteiger partial charge >= 0.3 is 0 Å². The minimum atomic E-state index is 0.817. The Hall–Kier alpha value is -3.52. The topological polar surface area (TPSA) is 67.9 Å². The summed E-state index contributed by atoms with van der Waals surface area (Å²) in [7, 11) is 2.00. The fourth-order valence-electron chi connectivity index (χ4n) is 4.36. The number of anilines is 1. The van der Waals surface area contributed by atoms with Crippen molar-refractivity contribution in [2.75, 3.05) is 31.1 Å². The smallest absolute Gasteiger partial charge is 0.155 e. The van der Waals surface area contributed by atoms with Gasteiger partial charge in [0, 0.05) is 87.9 Å². The summed E-state index contributed by atoms with van der Waals surface area (Å²) in [5.74, 6) is 1.99. The van der Waals surface area contributed by atoms with Crippen LogP contribution in [0, 0.1) is 13.8 Å². The highest BCUT2D eigenvalue weighted by Gasteiger charge is 2.22. The highest BCUT2D eigenvalue weighted by molar-refractivity contribution is 5.72. The van der Waals surface area contributed by atoms with Crippen molar-refractivity contribution in [2.45, 2.75) is 26.9 Å². The third-order valence-electron chi connectivity index (χ3n) is 6.59. The van der Waals surface area contributed by atoms with E-state index in [-0.39, 0.29) is 0 Å². The van der Waals surface area contributed by atoms with E-state index in [0.29, 0.717) is 0 Å². The fourth-order valence-corrected chi connectivity index (χ4v) is 4.36. The lowest BCUT2D eigenvalue weighted by atomic mass is 10.1. The van der Waals surface area contributed by atoms with Crippen molar-refractivity contribution in [3.05, 3.63) is 77.9 Å². The van der Waals surface area contributed by atoms with Crippen LogP contribution in [-0.4, -0.2) is 60.4 Å². The van der Waals surface area contributed by atoms with Gasteiger partial charge in [0.05, 0.1) is 6.20 Å². The molecule has 0 aliphatic carbocycles. The molecule has 170 valence electrons. The average molecular weight is 443 g/mol. The monoisotopic (exact) mass is 442 g/mol. The summed E-state index contributed by atoms with van der Waals surface area (Å²) in [6, 6.07) is 8.63. The minimum absolute atomic E-state index is 0.817. The van der Waals surface area contributed by atoms with Gasteiger partial charge in [0.2, 0.25) is 0 Å². The molecule has 8 heteroatoms. The summed E-state index contributed by atoms with van der Waals surface area (Å²) in [6.45, 7) is 9.77. The van der Waals surface area contributed by atoms with Crippen LogP contribution in [0.15, 0.2) is 55.2 Å². The summed E-state index contributed by atoms with van der Waals surface area (Å²) in [5.41, 5.74) is 5.82. The summed E-state index contributed by atoms with van der Waals surface area (Å²) in [6.07, 6.45) is 9.41. The van der Waals surface area contributed by atoms with Crippen LogP contribution in [0.4, 0.5) is 5.82 Å². The van der Waals surface area contributed by atoms with Crippen LogP contribution in [-0.2, 0) is 20.1 Å². The molecule has 0 atom stereocenters. The Balaban J connectivity index is 1.27. The lowest BCUT2D eigenvalue weighted by Gasteiger charge is -2.35. The molecule has 1 saturated heterocycles. The maximum atomic E-state index is 4.72. The van der Waals surface area contributed by atoms with Crippen molar-refractivity contribution >= 4 is 5.82 Å². The standard InChI is InChI=1S/C25H30N8/c1-19-23(16-29-30(19)3)18-31-12-14-32(15-13-31)25-24(27-8-9-28-25)22-6-4-21(5-7-22)17-33-11-10-26-20(33)2/h4-11,16H,12-15,17-18H2,1-3H3. The van der Waals surface area contributed by atoms with Gasteiger partial charge in [-0.25, -0.2) is 9.97 Å². The second kappa shape index (κ2) is 9.15. The first-order chi connectivity index (χ1) is 16.1. The summed E-state index contributed by atoms with van der Waals surface area (Å²) < 4.78 is 4.09. The Labute approximate surface area is 194 Å². The number of hydrogen-bond donors (Lipinski definition) is 0. The fraction of sp³-hybridized carbons (Fsp3) is 0.360. The number of piperazine rings is 1. The average Bonchev–Trinajstić information content (AvgIpc) is 3.40. The van der Waals surface area contributed by atoms with Crippen molar-refractivity contribution < 1.29 is 0 Å². The van der Waals surface area contributed by atoms with Crippen LogP contribution < -0.4 is 4.90 Å². The Kier molecular flexibility index (Phi) is 5.92. The number of benzene rings is 1. The Morgan fingerprint density at radius 3 is 2.27 bits per heavy atom. The van der Waals surface area contributed by atoms with Crippen molar-refractivity contribution in [1.82, 2.24) is 34.2 Å². The third-order valence-corrected chi connectivity index (χ3v) is 6.59. The van der Waals surface area contributed by atoms with Crippen LogP contribution in [0.1, 0.15) is 22.6 Å². The van der Waals surface area contributed by atoms with Crippen molar-refractivity contribution in [2.24, 2.45) is 7.05 Å². The lowest BCUT2D eigenvalue weighted by Crippen LogP contribution is -2.46. The molecule has 0 spiro atoms. The Morgan fingerprint density at radius 2 is 1.61 bits per heavy atom. The van der Waals surface area contributed by atoms with Gasteiger partial charge in [-0.15, -0.1) is 0 Å².